The summed E-state index contributed by atoms with van der Waals surface area (Å²) in [6.45, 7) is 6.90. The smallest absolute Gasteiger partial charge is 0.0283 e. The van der Waals surface area contributed by atoms with Crippen LogP contribution in [0.1, 0.15) is 20.8 Å². The Labute approximate surface area is 66.2 Å². The van der Waals surface area contributed by atoms with E-state index >= 15 is 0 Å². The van der Waals surface area contributed by atoms with Crippen molar-refractivity contribution < 1.29 is 0 Å². The van der Waals surface area contributed by atoms with Crippen molar-refractivity contribution in [3.63, 3.8) is 0 Å². The minimum atomic E-state index is 0.884. The van der Waals surface area contributed by atoms with Gasteiger partial charge in [0.25, 0.3) is 0 Å². The van der Waals surface area contributed by atoms with Crippen molar-refractivity contribution in [1.29, 1.82) is 0 Å². The van der Waals surface area contributed by atoms with Crippen LogP contribution in [0.25, 0.3) is 0 Å². The molecule has 1 rings (SSSR count). The molecule has 0 saturated carbocycles. The summed E-state index contributed by atoms with van der Waals surface area (Å²) in [5, 5.41) is 2.80. The third-order valence-electron chi connectivity index (χ3n) is 1.65. The van der Waals surface area contributed by atoms with E-state index in [4.69, 9.17) is 0 Å². The highest BCUT2D eigenvalue weighted by Crippen LogP contribution is 2.46. The predicted octanol–water partition coefficient (Wildman–Crippen LogP) is 2.63. The lowest BCUT2D eigenvalue weighted by molar-refractivity contribution is 0.911. The third kappa shape index (κ3) is 2.08. The summed E-state index contributed by atoms with van der Waals surface area (Å²) in [6, 6.07) is 0. The molecule has 3 atom stereocenters. The summed E-state index contributed by atoms with van der Waals surface area (Å²) in [7, 11) is 0. The number of hydrogen-bond donors (Lipinski definition) is 0. The molecule has 9 heavy (non-hydrogen) atoms. The molecule has 0 N–H and O–H groups in total. The highest BCUT2D eigenvalue weighted by atomic mass is 32.2. The van der Waals surface area contributed by atoms with Crippen molar-refractivity contribution in [2.24, 2.45) is 0 Å². The largest absolute Gasteiger partial charge is 0.158 e. The zero-order valence-corrected chi connectivity index (χ0v) is 7.89. The minimum absolute atomic E-state index is 0.884. The normalized spacial score (nSPS) is 36.3. The van der Waals surface area contributed by atoms with E-state index in [0.29, 0.717) is 0 Å². The van der Waals surface area contributed by atoms with Crippen molar-refractivity contribution in [2.75, 3.05) is 5.75 Å². The highest BCUT2D eigenvalue weighted by molar-refractivity contribution is 8.09. The van der Waals surface area contributed by atoms with Gasteiger partial charge in [0.05, 0.1) is 0 Å². The Morgan fingerprint density at radius 2 is 2.22 bits per heavy atom. The Morgan fingerprint density at radius 1 is 1.67 bits per heavy atom. The Balaban J connectivity index is 2.11. The standard InChI is InChI=1S/C7H14S2/c1-4-8-5(2)7-6(3)9-7/h5-7H,4H2,1-3H3. The van der Waals surface area contributed by atoms with Crippen LogP contribution in [0.4, 0.5) is 0 Å². The quantitative estimate of drug-likeness (QED) is 0.585. The zero-order valence-electron chi connectivity index (χ0n) is 6.26. The Bertz CT molecular complexity index is 92.9. The summed E-state index contributed by atoms with van der Waals surface area (Å²) in [4.78, 5) is 0. The van der Waals surface area contributed by atoms with Gasteiger partial charge in [0, 0.05) is 15.7 Å². The van der Waals surface area contributed by atoms with E-state index in [1.165, 1.54) is 5.75 Å². The second-order valence-corrected chi connectivity index (χ2v) is 5.68. The highest BCUT2D eigenvalue weighted by Gasteiger charge is 2.38. The van der Waals surface area contributed by atoms with E-state index in [0.717, 1.165) is 15.7 Å². The first-order valence-corrected chi connectivity index (χ1v) is 5.52. The second-order valence-electron chi connectivity index (χ2n) is 2.47. The van der Waals surface area contributed by atoms with Crippen LogP contribution in [0, 0.1) is 0 Å². The molecule has 54 valence electrons. The summed E-state index contributed by atoms with van der Waals surface area (Å²) in [6.07, 6.45) is 0. The Hall–Kier alpha value is 0.700. The SMILES string of the molecule is CCSC(C)C1SC1C. The van der Waals surface area contributed by atoms with Crippen LogP contribution in [0.3, 0.4) is 0 Å². The van der Waals surface area contributed by atoms with Crippen molar-refractivity contribution in [2.45, 2.75) is 36.5 Å². The number of rotatable bonds is 3. The Morgan fingerprint density at radius 3 is 2.56 bits per heavy atom. The molecule has 0 amide bonds. The molecule has 0 aromatic carbocycles. The fraction of sp³-hybridized carbons (Fsp3) is 1.00. The molecule has 0 bridgehead atoms. The molecule has 0 radical (unpaired) electrons. The molecule has 1 aliphatic rings. The van der Waals surface area contributed by atoms with Crippen LogP contribution < -0.4 is 0 Å². The van der Waals surface area contributed by atoms with E-state index in [1.807, 2.05) is 0 Å². The molecule has 0 aromatic rings. The van der Waals surface area contributed by atoms with Gasteiger partial charge in [-0.05, 0) is 5.75 Å². The van der Waals surface area contributed by atoms with Gasteiger partial charge in [0.15, 0.2) is 0 Å². The molecule has 1 saturated heterocycles. The van der Waals surface area contributed by atoms with Gasteiger partial charge in [0.1, 0.15) is 0 Å². The molecular formula is C7H14S2. The van der Waals surface area contributed by atoms with Gasteiger partial charge in [-0.2, -0.15) is 23.5 Å². The fourth-order valence-electron chi connectivity index (χ4n) is 1.05. The first kappa shape index (κ1) is 7.80. The van der Waals surface area contributed by atoms with Gasteiger partial charge < -0.3 is 0 Å². The molecular weight excluding hydrogens is 148 g/mol. The third-order valence-corrected chi connectivity index (χ3v) is 4.51. The van der Waals surface area contributed by atoms with Gasteiger partial charge >= 0.3 is 0 Å². The van der Waals surface area contributed by atoms with Crippen molar-refractivity contribution in [1.82, 2.24) is 0 Å². The maximum Gasteiger partial charge on any atom is 0.0283 e. The molecule has 0 aromatic heterocycles. The fourth-order valence-corrected chi connectivity index (χ4v) is 3.39. The lowest BCUT2D eigenvalue weighted by Gasteiger charge is -2.05. The van der Waals surface area contributed by atoms with Gasteiger partial charge in [-0.25, -0.2) is 0 Å². The van der Waals surface area contributed by atoms with Crippen LogP contribution in [0.5, 0.6) is 0 Å². The van der Waals surface area contributed by atoms with Crippen molar-refractivity contribution in [3.05, 3.63) is 0 Å². The molecule has 0 nitrogen and oxygen atoms in total. The van der Waals surface area contributed by atoms with Gasteiger partial charge in [-0.1, -0.05) is 20.8 Å². The summed E-state index contributed by atoms with van der Waals surface area (Å²) >= 11 is 4.20. The van der Waals surface area contributed by atoms with E-state index in [1.54, 1.807) is 0 Å². The van der Waals surface area contributed by atoms with Gasteiger partial charge in [0.2, 0.25) is 0 Å². The molecule has 1 fully saturated rings. The van der Waals surface area contributed by atoms with Crippen molar-refractivity contribution >= 4 is 23.5 Å². The molecule has 3 unspecified atom stereocenters. The molecule has 1 heterocycles. The van der Waals surface area contributed by atoms with Crippen LogP contribution >= 0.6 is 23.5 Å². The average molecular weight is 162 g/mol. The summed E-state index contributed by atoms with van der Waals surface area (Å²) in [5.41, 5.74) is 0. The van der Waals surface area contributed by atoms with E-state index in [-0.39, 0.29) is 0 Å². The number of hydrogen-bond acceptors (Lipinski definition) is 2. The van der Waals surface area contributed by atoms with Gasteiger partial charge in [-0.15, -0.1) is 0 Å². The van der Waals surface area contributed by atoms with Crippen LogP contribution in [-0.2, 0) is 0 Å². The lowest BCUT2D eigenvalue weighted by Crippen LogP contribution is -2.06. The van der Waals surface area contributed by atoms with E-state index in [9.17, 15) is 0 Å². The lowest BCUT2D eigenvalue weighted by atomic mass is 10.3. The summed E-state index contributed by atoms with van der Waals surface area (Å²) in [5.74, 6) is 1.27. The predicted molar refractivity (Wildman–Crippen MR) is 48.4 cm³/mol. The topological polar surface area (TPSA) is 0 Å². The van der Waals surface area contributed by atoms with E-state index < -0.39 is 0 Å². The maximum atomic E-state index is 2.34. The summed E-state index contributed by atoms with van der Waals surface area (Å²) < 4.78 is 0. The zero-order chi connectivity index (χ0) is 6.85. The molecule has 0 aliphatic carbocycles. The Kier molecular flexibility index (Phi) is 2.77. The molecule has 2 heteroatoms. The maximum absolute atomic E-state index is 2.34. The van der Waals surface area contributed by atoms with Crippen LogP contribution in [0.2, 0.25) is 0 Å². The first-order chi connectivity index (χ1) is 4.25. The molecule has 1 aliphatic heterocycles. The molecule has 0 spiro atoms. The van der Waals surface area contributed by atoms with Gasteiger partial charge in [-0.3, -0.25) is 0 Å². The van der Waals surface area contributed by atoms with Crippen LogP contribution in [-0.4, -0.2) is 21.5 Å². The van der Waals surface area contributed by atoms with Crippen molar-refractivity contribution in [3.8, 4) is 0 Å². The van der Waals surface area contributed by atoms with E-state index in [2.05, 4.69) is 44.3 Å². The minimum Gasteiger partial charge on any atom is -0.158 e. The monoisotopic (exact) mass is 162 g/mol. The second kappa shape index (κ2) is 3.20. The first-order valence-electron chi connectivity index (χ1n) is 3.52. The van der Waals surface area contributed by atoms with Crippen LogP contribution in [0.15, 0.2) is 0 Å². The average Bonchev–Trinajstić information content (AvgIpc) is 2.47. The number of thioether (sulfide) groups is 2.